The zero-order chi connectivity index (χ0) is 13.7. The lowest BCUT2D eigenvalue weighted by atomic mass is 10.0. The zero-order valence-corrected chi connectivity index (χ0v) is 11.8. The Morgan fingerprint density at radius 2 is 2.32 bits per heavy atom. The highest BCUT2D eigenvalue weighted by Crippen LogP contribution is 2.20. The first kappa shape index (κ1) is 14.7. The Morgan fingerprint density at radius 1 is 1.47 bits per heavy atom. The van der Waals surface area contributed by atoms with Crippen LogP contribution in [0.1, 0.15) is 12.5 Å². The summed E-state index contributed by atoms with van der Waals surface area (Å²) in [5.74, 6) is -0.314. The van der Waals surface area contributed by atoms with Crippen LogP contribution in [0.5, 0.6) is 0 Å². The van der Waals surface area contributed by atoms with Crippen molar-refractivity contribution in [2.75, 3.05) is 26.4 Å². The summed E-state index contributed by atoms with van der Waals surface area (Å²) >= 11 is 6.07. The van der Waals surface area contributed by atoms with E-state index in [-0.39, 0.29) is 18.0 Å². The fourth-order valence-electron chi connectivity index (χ4n) is 2.26. The molecule has 1 aliphatic rings. The second-order valence-corrected chi connectivity index (χ2v) is 5.00. The highest BCUT2D eigenvalue weighted by Gasteiger charge is 2.25. The van der Waals surface area contributed by atoms with Gasteiger partial charge in [-0.2, -0.15) is 0 Å². The molecule has 106 valence electrons. The van der Waals surface area contributed by atoms with E-state index in [1.165, 1.54) is 12.1 Å². The Labute approximate surface area is 118 Å². The largest absolute Gasteiger partial charge is 0.376 e. The van der Waals surface area contributed by atoms with Crippen LogP contribution in [0.15, 0.2) is 18.2 Å². The lowest BCUT2D eigenvalue weighted by molar-refractivity contribution is -0.101. The second-order valence-electron chi connectivity index (χ2n) is 4.59. The monoisotopic (exact) mass is 287 g/mol. The summed E-state index contributed by atoms with van der Waals surface area (Å²) in [7, 11) is 0. The van der Waals surface area contributed by atoms with Crippen molar-refractivity contribution in [2.24, 2.45) is 0 Å². The van der Waals surface area contributed by atoms with Gasteiger partial charge in [-0.05, 0) is 30.7 Å². The fourth-order valence-corrected chi connectivity index (χ4v) is 2.50. The van der Waals surface area contributed by atoms with Crippen molar-refractivity contribution in [1.29, 1.82) is 0 Å². The van der Waals surface area contributed by atoms with Gasteiger partial charge < -0.3 is 14.8 Å². The van der Waals surface area contributed by atoms with Crippen LogP contribution in [-0.4, -0.2) is 38.5 Å². The Balaban J connectivity index is 2.06. The molecular weight excluding hydrogens is 269 g/mol. The zero-order valence-electron chi connectivity index (χ0n) is 11.0. The van der Waals surface area contributed by atoms with Gasteiger partial charge in [-0.3, -0.25) is 0 Å². The number of benzene rings is 1. The van der Waals surface area contributed by atoms with Crippen LogP contribution in [0.2, 0.25) is 5.02 Å². The first-order valence-electron chi connectivity index (χ1n) is 6.57. The summed E-state index contributed by atoms with van der Waals surface area (Å²) in [6, 6.07) is 4.62. The van der Waals surface area contributed by atoms with Crippen molar-refractivity contribution in [1.82, 2.24) is 5.32 Å². The third kappa shape index (κ3) is 4.14. The van der Waals surface area contributed by atoms with E-state index >= 15 is 0 Å². The average Bonchev–Trinajstić information content (AvgIpc) is 2.42. The Bertz CT molecular complexity index is 410. The quantitative estimate of drug-likeness (QED) is 0.902. The first-order chi connectivity index (χ1) is 9.20. The van der Waals surface area contributed by atoms with E-state index in [2.05, 4.69) is 5.32 Å². The van der Waals surface area contributed by atoms with Gasteiger partial charge in [0.25, 0.3) is 0 Å². The van der Waals surface area contributed by atoms with E-state index in [0.29, 0.717) is 31.3 Å². The number of nitrogens with one attached hydrogen (secondary N) is 1. The summed E-state index contributed by atoms with van der Waals surface area (Å²) < 4.78 is 24.2. The number of rotatable bonds is 5. The third-order valence-electron chi connectivity index (χ3n) is 3.21. The summed E-state index contributed by atoms with van der Waals surface area (Å²) in [6.45, 7) is 4.72. The van der Waals surface area contributed by atoms with Crippen molar-refractivity contribution in [3.63, 3.8) is 0 Å². The van der Waals surface area contributed by atoms with Crippen LogP contribution in [-0.2, 0) is 15.9 Å². The smallest absolute Gasteiger partial charge is 0.124 e. The molecule has 1 fully saturated rings. The van der Waals surface area contributed by atoms with Crippen LogP contribution in [0.4, 0.5) is 4.39 Å². The van der Waals surface area contributed by atoms with Gasteiger partial charge in [-0.15, -0.1) is 0 Å². The molecule has 0 bridgehead atoms. The topological polar surface area (TPSA) is 30.5 Å². The molecule has 0 amide bonds. The summed E-state index contributed by atoms with van der Waals surface area (Å²) in [5, 5.41) is 3.84. The molecule has 1 aromatic carbocycles. The van der Waals surface area contributed by atoms with Crippen molar-refractivity contribution in [3.8, 4) is 0 Å². The number of hydrogen-bond donors (Lipinski definition) is 1. The highest BCUT2D eigenvalue weighted by molar-refractivity contribution is 6.31. The van der Waals surface area contributed by atoms with E-state index in [4.69, 9.17) is 21.1 Å². The third-order valence-corrected chi connectivity index (χ3v) is 3.56. The van der Waals surface area contributed by atoms with E-state index < -0.39 is 0 Å². The van der Waals surface area contributed by atoms with Crippen molar-refractivity contribution in [2.45, 2.75) is 25.5 Å². The Hall–Kier alpha value is -0.680. The molecule has 5 heteroatoms. The molecule has 2 rings (SSSR count). The fraction of sp³-hybridized carbons (Fsp3) is 0.571. The number of hydrogen-bond acceptors (Lipinski definition) is 3. The maximum absolute atomic E-state index is 13.0. The van der Waals surface area contributed by atoms with Gasteiger partial charge in [0, 0.05) is 11.1 Å². The maximum Gasteiger partial charge on any atom is 0.124 e. The minimum absolute atomic E-state index is 0.00909. The van der Waals surface area contributed by atoms with Gasteiger partial charge in [0.15, 0.2) is 0 Å². The minimum atomic E-state index is -0.314. The molecule has 0 radical (unpaired) electrons. The Morgan fingerprint density at radius 3 is 2.95 bits per heavy atom. The molecule has 19 heavy (non-hydrogen) atoms. The molecule has 1 aromatic rings. The van der Waals surface area contributed by atoms with Gasteiger partial charge in [0.1, 0.15) is 5.82 Å². The molecule has 2 unspecified atom stereocenters. The molecule has 0 aromatic heterocycles. The van der Waals surface area contributed by atoms with E-state index in [0.717, 1.165) is 12.1 Å². The van der Waals surface area contributed by atoms with Gasteiger partial charge in [-0.25, -0.2) is 4.39 Å². The van der Waals surface area contributed by atoms with E-state index in [1.54, 1.807) is 6.07 Å². The van der Waals surface area contributed by atoms with Gasteiger partial charge >= 0.3 is 0 Å². The van der Waals surface area contributed by atoms with Crippen molar-refractivity contribution < 1.29 is 13.9 Å². The van der Waals surface area contributed by atoms with Gasteiger partial charge in [-0.1, -0.05) is 24.6 Å². The second kappa shape index (κ2) is 7.20. The van der Waals surface area contributed by atoms with Gasteiger partial charge in [0.2, 0.25) is 0 Å². The summed E-state index contributed by atoms with van der Waals surface area (Å²) in [4.78, 5) is 0. The molecule has 0 spiro atoms. The molecule has 1 aliphatic heterocycles. The molecule has 3 nitrogen and oxygen atoms in total. The van der Waals surface area contributed by atoms with Crippen LogP contribution in [0.3, 0.4) is 0 Å². The number of halogens is 2. The number of ether oxygens (including phenoxy) is 2. The molecule has 1 N–H and O–H groups in total. The maximum atomic E-state index is 13.0. The lowest BCUT2D eigenvalue weighted by Crippen LogP contribution is -2.47. The predicted molar refractivity (Wildman–Crippen MR) is 73.1 cm³/mol. The van der Waals surface area contributed by atoms with Crippen LogP contribution < -0.4 is 5.32 Å². The Kier molecular flexibility index (Phi) is 5.58. The molecule has 1 saturated heterocycles. The average molecular weight is 288 g/mol. The normalized spacial score (nSPS) is 21.3. The van der Waals surface area contributed by atoms with Crippen LogP contribution in [0.25, 0.3) is 0 Å². The molecule has 0 aliphatic carbocycles. The van der Waals surface area contributed by atoms with E-state index in [1.807, 2.05) is 6.92 Å². The SMILES string of the molecule is CCNC(Cc1ccc(F)cc1Cl)C1COCCO1. The highest BCUT2D eigenvalue weighted by atomic mass is 35.5. The summed E-state index contributed by atoms with van der Waals surface area (Å²) in [5.41, 5.74) is 0.920. The molecule has 1 heterocycles. The van der Waals surface area contributed by atoms with Crippen LogP contribution >= 0.6 is 11.6 Å². The lowest BCUT2D eigenvalue weighted by Gasteiger charge is -2.31. The van der Waals surface area contributed by atoms with Crippen molar-refractivity contribution >= 4 is 11.6 Å². The van der Waals surface area contributed by atoms with E-state index in [9.17, 15) is 4.39 Å². The van der Waals surface area contributed by atoms with Crippen molar-refractivity contribution in [3.05, 3.63) is 34.6 Å². The minimum Gasteiger partial charge on any atom is -0.376 e. The number of likely N-dealkylation sites (N-methyl/N-ethyl adjacent to an activating group) is 1. The molecular formula is C14H19ClFNO2. The predicted octanol–water partition coefficient (Wildman–Crippen LogP) is 2.42. The van der Waals surface area contributed by atoms with Gasteiger partial charge in [0.05, 0.1) is 25.9 Å². The first-order valence-corrected chi connectivity index (χ1v) is 6.95. The molecule has 0 saturated carbocycles. The van der Waals surface area contributed by atoms with Crippen LogP contribution in [0, 0.1) is 5.82 Å². The standard InChI is InChI=1S/C14H19ClFNO2/c1-2-17-13(14-9-18-5-6-19-14)7-10-3-4-11(16)8-12(10)15/h3-4,8,13-14,17H,2,5-7,9H2,1H3. The molecule has 2 atom stereocenters. The summed E-state index contributed by atoms with van der Waals surface area (Å²) in [6.07, 6.45) is 0.705.